The average Bonchev–Trinajstić information content (AvgIpc) is 3.08. The summed E-state index contributed by atoms with van der Waals surface area (Å²) < 4.78 is 5.87. The van der Waals surface area contributed by atoms with E-state index in [0.717, 1.165) is 28.7 Å². The molecule has 1 heterocycles. The Morgan fingerprint density at radius 3 is 2.64 bits per heavy atom. The summed E-state index contributed by atoms with van der Waals surface area (Å²) in [6, 6.07) is 16.7. The number of hydrogen-bond acceptors (Lipinski definition) is 2. The third kappa shape index (κ3) is 3.15. The van der Waals surface area contributed by atoms with Crippen LogP contribution in [0.4, 0.5) is 0 Å². The van der Waals surface area contributed by atoms with Crippen molar-refractivity contribution in [2.75, 3.05) is 0 Å². The van der Waals surface area contributed by atoms with Crippen LogP contribution in [0.2, 0.25) is 10.0 Å². The number of aryl methyl sites for hydroxylation is 1. The first-order valence-corrected chi connectivity index (χ1v) is 8.76. The van der Waals surface area contributed by atoms with E-state index in [4.69, 9.17) is 27.6 Å². The van der Waals surface area contributed by atoms with Crippen LogP contribution in [0.25, 0.3) is 17.4 Å². The van der Waals surface area contributed by atoms with Crippen molar-refractivity contribution in [3.63, 3.8) is 0 Å². The van der Waals surface area contributed by atoms with Gasteiger partial charge in [-0.2, -0.15) is 0 Å². The van der Waals surface area contributed by atoms with Crippen molar-refractivity contribution < 1.29 is 9.21 Å². The minimum absolute atomic E-state index is 0.0700. The van der Waals surface area contributed by atoms with E-state index in [1.165, 1.54) is 0 Å². The normalized spacial score (nSPS) is 15.4. The average molecular weight is 369 g/mol. The molecule has 2 aromatic carbocycles. The third-order valence-electron chi connectivity index (χ3n) is 4.35. The van der Waals surface area contributed by atoms with Crippen molar-refractivity contribution in [2.24, 2.45) is 0 Å². The van der Waals surface area contributed by atoms with Gasteiger partial charge in [0.2, 0.25) is 0 Å². The van der Waals surface area contributed by atoms with Crippen LogP contribution < -0.4 is 0 Å². The molecule has 124 valence electrons. The van der Waals surface area contributed by atoms with Gasteiger partial charge in [0.1, 0.15) is 11.5 Å². The molecule has 4 heteroatoms. The van der Waals surface area contributed by atoms with Crippen molar-refractivity contribution in [1.82, 2.24) is 0 Å². The van der Waals surface area contributed by atoms with Crippen LogP contribution >= 0.6 is 23.2 Å². The van der Waals surface area contributed by atoms with Crippen LogP contribution in [0.15, 0.2) is 64.6 Å². The van der Waals surface area contributed by atoms with Crippen molar-refractivity contribution in [3.05, 3.63) is 87.1 Å². The number of benzene rings is 2. The van der Waals surface area contributed by atoms with Gasteiger partial charge in [-0.3, -0.25) is 4.79 Å². The van der Waals surface area contributed by atoms with Gasteiger partial charge in [0.25, 0.3) is 0 Å². The topological polar surface area (TPSA) is 30.2 Å². The van der Waals surface area contributed by atoms with Gasteiger partial charge in [0.15, 0.2) is 5.78 Å². The fourth-order valence-electron chi connectivity index (χ4n) is 3.09. The molecule has 0 fully saturated rings. The highest BCUT2D eigenvalue weighted by Crippen LogP contribution is 2.33. The zero-order valence-electron chi connectivity index (χ0n) is 13.3. The maximum absolute atomic E-state index is 12.6. The Bertz CT molecular complexity index is 999. The number of allylic oxidation sites excluding steroid dienone is 1. The molecule has 1 aliphatic rings. The van der Waals surface area contributed by atoms with Crippen molar-refractivity contribution in [3.8, 4) is 11.3 Å². The molecule has 0 atom stereocenters. The fraction of sp³-hybridized carbons (Fsp3) is 0.0952. The van der Waals surface area contributed by atoms with Gasteiger partial charge in [0.05, 0.1) is 5.02 Å². The number of carbonyl (C=O) groups is 1. The standard InChI is InChI=1S/C21H14Cl2O2/c22-15-7-9-19(23)18(12-15)20-10-8-16(25-20)11-14-6-5-13-3-1-2-4-17(13)21(14)24/h1-4,7-12H,5-6H2/b14-11+. The molecule has 0 radical (unpaired) electrons. The molecule has 4 rings (SSSR count). The van der Waals surface area contributed by atoms with Gasteiger partial charge in [-0.25, -0.2) is 0 Å². The van der Waals surface area contributed by atoms with Gasteiger partial charge in [-0.1, -0.05) is 47.5 Å². The van der Waals surface area contributed by atoms with E-state index in [9.17, 15) is 4.79 Å². The Morgan fingerprint density at radius 2 is 1.76 bits per heavy atom. The summed E-state index contributed by atoms with van der Waals surface area (Å²) in [6.07, 6.45) is 3.39. The minimum atomic E-state index is 0.0700. The molecule has 0 N–H and O–H groups in total. The Balaban J connectivity index is 1.66. The lowest BCUT2D eigenvalue weighted by Crippen LogP contribution is -2.13. The minimum Gasteiger partial charge on any atom is -0.457 e. The first kappa shape index (κ1) is 16.2. The summed E-state index contributed by atoms with van der Waals surface area (Å²) in [4.78, 5) is 12.6. The molecular formula is C21H14Cl2O2. The lowest BCUT2D eigenvalue weighted by Gasteiger charge is -2.16. The number of halogens is 2. The van der Waals surface area contributed by atoms with E-state index in [-0.39, 0.29) is 5.78 Å². The SMILES string of the molecule is O=C1/C(=C/c2ccc(-c3cc(Cl)ccc3Cl)o2)CCc2ccccc21. The van der Waals surface area contributed by atoms with Crippen LogP contribution in [0.5, 0.6) is 0 Å². The zero-order valence-corrected chi connectivity index (χ0v) is 14.8. The van der Waals surface area contributed by atoms with E-state index in [1.807, 2.05) is 42.5 Å². The molecule has 0 spiro atoms. The quantitative estimate of drug-likeness (QED) is 0.485. The van der Waals surface area contributed by atoms with Crippen molar-refractivity contribution in [1.29, 1.82) is 0 Å². The number of hydrogen-bond donors (Lipinski definition) is 0. The zero-order chi connectivity index (χ0) is 17.4. The van der Waals surface area contributed by atoms with E-state index in [0.29, 0.717) is 28.0 Å². The summed E-state index contributed by atoms with van der Waals surface area (Å²) in [5.74, 6) is 1.33. The molecule has 0 unspecified atom stereocenters. The first-order valence-electron chi connectivity index (χ1n) is 8.00. The highest BCUT2D eigenvalue weighted by molar-refractivity contribution is 6.35. The van der Waals surface area contributed by atoms with Gasteiger partial charge in [-0.15, -0.1) is 0 Å². The molecule has 0 aliphatic heterocycles. The number of fused-ring (bicyclic) bond motifs is 1. The molecule has 1 aliphatic carbocycles. The number of Topliss-reactive ketones (excluding diaryl/α,β-unsaturated/α-hetero) is 1. The van der Waals surface area contributed by atoms with Crippen LogP contribution in [0.1, 0.15) is 28.1 Å². The third-order valence-corrected chi connectivity index (χ3v) is 4.92. The smallest absolute Gasteiger partial charge is 0.189 e. The summed E-state index contributed by atoms with van der Waals surface area (Å²) >= 11 is 12.3. The molecule has 0 bridgehead atoms. The van der Waals surface area contributed by atoms with Crippen LogP contribution in [0.3, 0.4) is 0 Å². The lowest BCUT2D eigenvalue weighted by molar-refractivity contribution is 0.102. The second-order valence-electron chi connectivity index (χ2n) is 5.98. The number of carbonyl (C=O) groups excluding carboxylic acids is 1. The number of rotatable bonds is 2. The highest BCUT2D eigenvalue weighted by Gasteiger charge is 2.21. The Kier molecular flexibility index (Phi) is 4.24. The number of furan rings is 1. The number of ketones is 1. The van der Waals surface area contributed by atoms with Gasteiger partial charge < -0.3 is 4.42 Å². The molecule has 2 nitrogen and oxygen atoms in total. The Morgan fingerprint density at radius 1 is 0.920 bits per heavy atom. The molecule has 0 amide bonds. The van der Waals surface area contributed by atoms with Crippen LogP contribution in [-0.2, 0) is 6.42 Å². The van der Waals surface area contributed by atoms with Crippen LogP contribution in [-0.4, -0.2) is 5.78 Å². The monoisotopic (exact) mass is 368 g/mol. The van der Waals surface area contributed by atoms with Gasteiger partial charge in [0, 0.05) is 21.7 Å². The summed E-state index contributed by atoms with van der Waals surface area (Å²) in [5, 5.41) is 1.16. The van der Waals surface area contributed by atoms with Gasteiger partial charge in [-0.05, 0) is 54.8 Å². The van der Waals surface area contributed by atoms with Gasteiger partial charge >= 0.3 is 0 Å². The predicted molar refractivity (Wildman–Crippen MR) is 101 cm³/mol. The maximum atomic E-state index is 12.6. The Hall–Kier alpha value is -2.29. The molecule has 0 saturated carbocycles. The molecule has 3 aromatic rings. The molecule has 1 aromatic heterocycles. The highest BCUT2D eigenvalue weighted by atomic mass is 35.5. The maximum Gasteiger partial charge on any atom is 0.189 e. The molecule has 25 heavy (non-hydrogen) atoms. The van der Waals surface area contributed by atoms with Crippen molar-refractivity contribution >= 4 is 35.1 Å². The molecule has 0 saturated heterocycles. The van der Waals surface area contributed by atoms with E-state index in [1.54, 1.807) is 18.2 Å². The summed E-state index contributed by atoms with van der Waals surface area (Å²) in [6.45, 7) is 0. The van der Waals surface area contributed by atoms with E-state index in [2.05, 4.69) is 0 Å². The second kappa shape index (κ2) is 6.55. The first-order chi connectivity index (χ1) is 12.1. The predicted octanol–water partition coefficient (Wildman–Crippen LogP) is 6.47. The van der Waals surface area contributed by atoms with Crippen LogP contribution in [0, 0.1) is 0 Å². The lowest BCUT2D eigenvalue weighted by atomic mass is 9.86. The summed E-state index contributed by atoms with van der Waals surface area (Å²) in [5.41, 5.74) is 3.39. The largest absolute Gasteiger partial charge is 0.457 e. The Labute approximate surface area is 155 Å². The van der Waals surface area contributed by atoms with Crippen molar-refractivity contribution in [2.45, 2.75) is 12.8 Å². The fourth-order valence-corrected chi connectivity index (χ4v) is 3.47. The van der Waals surface area contributed by atoms with E-state index < -0.39 is 0 Å². The summed E-state index contributed by atoms with van der Waals surface area (Å²) in [7, 11) is 0. The van der Waals surface area contributed by atoms with E-state index >= 15 is 0 Å². The molecular weight excluding hydrogens is 355 g/mol. The second-order valence-corrected chi connectivity index (χ2v) is 6.83.